The van der Waals surface area contributed by atoms with E-state index in [2.05, 4.69) is 10.9 Å². The number of benzene rings is 2. The van der Waals surface area contributed by atoms with Crippen LogP contribution >= 0.6 is 0 Å². The Labute approximate surface area is 117 Å². The largest absolute Gasteiger partial charge is 0.457 e. The molecule has 20 heavy (non-hydrogen) atoms. The SMILES string of the molecule is CC1(c2ccccc2Oc2ccccc2)CC(=O)NN1. The Morgan fingerprint density at radius 1 is 1.05 bits per heavy atom. The molecule has 0 radical (unpaired) electrons. The Kier molecular flexibility index (Phi) is 3.16. The molecule has 4 heteroatoms. The van der Waals surface area contributed by atoms with E-state index in [0.29, 0.717) is 6.42 Å². The van der Waals surface area contributed by atoms with Gasteiger partial charge < -0.3 is 4.74 Å². The third-order valence-corrected chi connectivity index (χ3v) is 3.44. The Balaban J connectivity index is 1.95. The molecule has 1 unspecified atom stereocenters. The van der Waals surface area contributed by atoms with Crippen LogP contribution in [0.1, 0.15) is 18.9 Å². The lowest BCUT2D eigenvalue weighted by Crippen LogP contribution is -2.39. The van der Waals surface area contributed by atoms with Crippen LogP contribution in [0.2, 0.25) is 0 Å². The van der Waals surface area contributed by atoms with Crippen molar-refractivity contribution < 1.29 is 9.53 Å². The molecule has 3 rings (SSSR count). The zero-order chi connectivity index (χ0) is 14.0. The molecular weight excluding hydrogens is 252 g/mol. The highest BCUT2D eigenvalue weighted by molar-refractivity contribution is 5.79. The van der Waals surface area contributed by atoms with Gasteiger partial charge in [0, 0.05) is 5.56 Å². The van der Waals surface area contributed by atoms with Crippen LogP contribution in [0, 0.1) is 0 Å². The Bertz CT molecular complexity index is 627. The highest BCUT2D eigenvalue weighted by Gasteiger charge is 2.37. The summed E-state index contributed by atoms with van der Waals surface area (Å²) in [5.74, 6) is 1.52. The fourth-order valence-corrected chi connectivity index (χ4v) is 2.41. The average molecular weight is 268 g/mol. The predicted molar refractivity (Wildman–Crippen MR) is 76.2 cm³/mol. The third kappa shape index (κ3) is 2.38. The summed E-state index contributed by atoms with van der Waals surface area (Å²) < 4.78 is 5.94. The number of amides is 1. The maximum absolute atomic E-state index is 11.5. The van der Waals surface area contributed by atoms with Gasteiger partial charge in [-0.05, 0) is 25.1 Å². The molecule has 0 bridgehead atoms. The predicted octanol–water partition coefficient (Wildman–Crippen LogP) is 2.72. The van der Waals surface area contributed by atoms with Crippen molar-refractivity contribution in [1.82, 2.24) is 10.9 Å². The number of hydrogen-bond acceptors (Lipinski definition) is 3. The van der Waals surface area contributed by atoms with Gasteiger partial charge in [0.15, 0.2) is 0 Å². The summed E-state index contributed by atoms with van der Waals surface area (Å²) in [4.78, 5) is 11.5. The molecule has 1 fully saturated rings. The first-order valence-electron chi connectivity index (χ1n) is 6.56. The maximum atomic E-state index is 11.5. The minimum atomic E-state index is -0.456. The van der Waals surface area contributed by atoms with Gasteiger partial charge in [-0.2, -0.15) is 0 Å². The van der Waals surface area contributed by atoms with Crippen LogP contribution in [0.15, 0.2) is 54.6 Å². The molecule has 0 saturated carbocycles. The Morgan fingerprint density at radius 3 is 2.45 bits per heavy atom. The normalized spacial score (nSPS) is 21.6. The lowest BCUT2D eigenvalue weighted by atomic mass is 9.89. The van der Waals surface area contributed by atoms with Crippen molar-refractivity contribution in [3.63, 3.8) is 0 Å². The maximum Gasteiger partial charge on any atom is 0.236 e. The fourth-order valence-electron chi connectivity index (χ4n) is 2.41. The van der Waals surface area contributed by atoms with E-state index in [4.69, 9.17) is 4.74 Å². The molecule has 1 aliphatic rings. The molecule has 0 spiro atoms. The second kappa shape index (κ2) is 4.98. The molecule has 0 aromatic heterocycles. The van der Waals surface area contributed by atoms with Gasteiger partial charge in [-0.25, -0.2) is 5.43 Å². The standard InChI is InChI=1S/C16H16N2O2/c1-16(11-15(19)17-18-16)13-9-5-6-10-14(13)20-12-7-3-2-4-8-12/h2-10,18H,11H2,1H3,(H,17,19). The first-order chi connectivity index (χ1) is 9.67. The summed E-state index contributed by atoms with van der Waals surface area (Å²) in [6, 6.07) is 17.4. The quantitative estimate of drug-likeness (QED) is 0.900. The van der Waals surface area contributed by atoms with Gasteiger partial charge in [-0.1, -0.05) is 36.4 Å². The molecule has 0 aliphatic carbocycles. The highest BCUT2D eigenvalue weighted by Crippen LogP contribution is 2.36. The van der Waals surface area contributed by atoms with Crippen LogP contribution in [0.3, 0.4) is 0 Å². The second-order valence-corrected chi connectivity index (χ2v) is 5.09. The lowest BCUT2D eigenvalue weighted by molar-refractivity contribution is -0.119. The van der Waals surface area contributed by atoms with Crippen LogP contribution in [-0.4, -0.2) is 5.91 Å². The summed E-state index contributed by atoms with van der Waals surface area (Å²) in [5.41, 5.74) is 6.21. The summed E-state index contributed by atoms with van der Waals surface area (Å²) in [5, 5.41) is 0. The molecular formula is C16H16N2O2. The van der Waals surface area contributed by atoms with E-state index in [9.17, 15) is 4.79 Å². The van der Waals surface area contributed by atoms with E-state index in [0.717, 1.165) is 17.1 Å². The molecule has 102 valence electrons. The van der Waals surface area contributed by atoms with E-state index in [-0.39, 0.29) is 5.91 Å². The van der Waals surface area contributed by atoms with Crippen LogP contribution in [0.4, 0.5) is 0 Å². The number of carbonyl (C=O) groups is 1. The van der Waals surface area contributed by atoms with Crippen LogP contribution in [0.25, 0.3) is 0 Å². The molecule has 1 aliphatic heterocycles. The van der Waals surface area contributed by atoms with Crippen LogP contribution in [0.5, 0.6) is 11.5 Å². The van der Waals surface area contributed by atoms with E-state index in [1.165, 1.54) is 0 Å². The van der Waals surface area contributed by atoms with E-state index < -0.39 is 5.54 Å². The molecule has 1 saturated heterocycles. The van der Waals surface area contributed by atoms with Crippen LogP contribution in [-0.2, 0) is 10.3 Å². The van der Waals surface area contributed by atoms with Crippen molar-refractivity contribution in [2.24, 2.45) is 0 Å². The molecule has 2 aromatic rings. The molecule has 1 atom stereocenters. The van der Waals surface area contributed by atoms with E-state index in [1.807, 2.05) is 61.5 Å². The smallest absolute Gasteiger partial charge is 0.236 e. The van der Waals surface area contributed by atoms with E-state index in [1.54, 1.807) is 0 Å². The van der Waals surface area contributed by atoms with Gasteiger partial charge in [-0.3, -0.25) is 10.2 Å². The Hall–Kier alpha value is -2.33. The molecule has 1 heterocycles. The van der Waals surface area contributed by atoms with Crippen LogP contribution < -0.4 is 15.6 Å². The minimum Gasteiger partial charge on any atom is -0.457 e. The second-order valence-electron chi connectivity index (χ2n) is 5.09. The summed E-state index contributed by atoms with van der Waals surface area (Å²) in [7, 11) is 0. The molecule has 2 N–H and O–H groups in total. The van der Waals surface area contributed by atoms with Crippen molar-refractivity contribution in [3.8, 4) is 11.5 Å². The number of carbonyl (C=O) groups excluding carboxylic acids is 1. The van der Waals surface area contributed by atoms with Crippen molar-refractivity contribution in [2.45, 2.75) is 18.9 Å². The van der Waals surface area contributed by atoms with Gasteiger partial charge in [0.2, 0.25) is 5.91 Å². The fraction of sp³-hybridized carbons (Fsp3) is 0.188. The first kappa shape index (κ1) is 12.7. The number of hydrogen-bond donors (Lipinski definition) is 2. The zero-order valence-electron chi connectivity index (χ0n) is 11.2. The number of nitrogens with one attached hydrogen (secondary N) is 2. The highest BCUT2D eigenvalue weighted by atomic mass is 16.5. The van der Waals surface area contributed by atoms with Gasteiger partial charge in [0.1, 0.15) is 11.5 Å². The number of para-hydroxylation sites is 2. The molecule has 4 nitrogen and oxygen atoms in total. The summed E-state index contributed by atoms with van der Waals surface area (Å²) >= 11 is 0. The van der Waals surface area contributed by atoms with Crippen molar-refractivity contribution >= 4 is 5.91 Å². The number of ether oxygens (including phenoxy) is 1. The van der Waals surface area contributed by atoms with Gasteiger partial charge in [-0.15, -0.1) is 0 Å². The van der Waals surface area contributed by atoms with E-state index >= 15 is 0 Å². The van der Waals surface area contributed by atoms with Gasteiger partial charge in [0.05, 0.1) is 12.0 Å². The van der Waals surface area contributed by atoms with Crippen molar-refractivity contribution in [1.29, 1.82) is 0 Å². The number of rotatable bonds is 3. The lowest BCUT2D eigenvalue weighted by Gasteiger charge is -2.25. The summed E-state index contributed by atoms with van der Waals surface area (Å²) in [6.07, 6.45) is 0.391. The molecule has 2 aromatic carbocycles. The Morgan fingerprint density at radius 2 is 1.75 bits per heavy atom. The monoisotopic (exact) mass is 268 g/mol. The minimum absolute atomic E-state index is 0.0120. The zero-order valence-corrected chi connectivity index (χ0v) is 11.2. The van der Waals surface area contributed by atoms with Gasteiger partial charge >= 0.3 is 0 Å². The topological polar surface area (TPSA) is 50.4 Å². The first-order valence-corrected chi connectivity index (χ1v) is 6.56. The van der Waals surface area contributed by atoms with Crippen molar-refractivity contribution in [3.05, 3.63) is 60.2 Å². The van der Waals surface area contributed by atoms with Gasteiger partial charge in [0.25, 0.3) is 0 Å². The average Bonchev–Trinajstić information content (AvgIpc) is 2.81. The third-order valence-electron chi connectivity index (χ3n) is 3.44. The number of hydrazine groups is 1. The van der Waals surface area contributed by atoms with Crippen molar-refractivity contribution in [2.75, 3.05) is 0 Å². The molecule has 1 amide bonds. The summed E-state index contributed by atoms with van der Waals surface area (Å²) in [6.45, 7) is 1.98.